The first kappa shape index (κ1) is 12.1. The molecular weight excluding hydrogens is 246 g/mol. The topological polar surface area (TPSA) is 35.2 Å². The Morgan fingerprint density at radius 2 is 1.45 bits per heavy atom. The number of aryl methyl sites for hydroxylation is 2. The fourth-order valence-corrected chi connectivity index (χ4v) is 3.36. The number of hydrogen-bond acceptors (Lipinski definition) is 2. The Morgan fingerprint density at radius 3 is 2.30 bits per heavy atom. The molecule has 102 valence electrons. The van der Waals surface area contributed by atoms with Gasteiger partial charge < -0.3 is 10.5 Å². The van der Waals surface area contributed by atoms with Gasteiger partial charge in [0.1, 0.15) is 0 Å². The zero-order valence-corrected chi connectivity index (χ0v) is 11.6. The zero-order valence-electron chi connectivity index (χ0n) is 11.6. The number of rotatable bonds is 2. The minimum Gasteiger partial charge on any atom is -0.372 e. The second-order valence-corrected chi connectivity index (χ2v) is 5.88. The summed E-state index contributed by atoms with van der Waals surface area (Å²) in [5.41, 5.74) is 14.5. The highest BCUT2D eigenvalue weighted by Gasteiger charge is 2.17. The van der Waals surface area contributed by atoms with Crippen LogP contribution in [0.5, 0.6) is 0 Å². The highest BCUT2D eigenvalue weighted by molar-refractivity contribution is 5.42. The Balaban J connectivity index is 1.68. The average molecular weight is 265 g/mol. The van der Waals surface area contributed by atoms with Crippen molar-refractivity contribution < 1.29 is 4.74 Å². The Hall–Kier alpha value is -1.64. The summed E-state index contributed by atoms with van der Waals surface area (Å²) in [7, 11) is 0. The highest BCUT2D eigenvalue weighted by Crippen LogP contribution is 2.29. The average Bonchev–Trinajstić information content (AvgIpc) is 3.13. The lowest BCUT2D eigenvalue weighted by Crippen LogP contribution is -2.12. The summed E-state index contributed by atoms with van der Waals surface area (Å²) in [5.74, 6) is 0. The van der Waals surface area contributed by atoms with Crippen molar-refractivity contribution in [2.75, 3.05) is 0 Å². The largest absolute Gasteiger partial charge is 0.372 e. The van der Waals surface area contributed by atoms with Crippen molar-refractivity contribution >= 4 is 0 Å². The van der Waals surface area contributed by atoms with E-state index in [1.807, 2.05) is 0 Å². The molecule has 1 aliphatic carbocycles. The Bertz CT molecular complexity index is 605. The summed E-state index contributed by atoms with van der Waals surface area (Å²) in [4.78, 5) is 0. The molecule has 2 aromatic carbocycles. The first-order valence-electron chi connectivity index (χ1n) is 7.38. The molecule has 0 aromatic heterocycles. The van der Waals surface area contributed by atoms with Crippen molar-refractivity contribution in [3.8, 4) is 0 Å². The standard InChI is InChI=1S/C18H19NO/c19-18(14-5-4-12-2-1-3-13(12)8-14)15-6-7-16-10-20-11-17(16)9-15/h4-9,18H,1-3,10-11,19H2. The van der Waals surface area contributed by atoms with Crippen LogP contribution in [0.25, 0.3) is 0 Å². The number of ether oxygens (including phenoxy) is 1. The Morgan fingerprint density at radius 1 is 0.800 bits per heavy atom. The van der Waals surface area contributed by atoms with Gasteiger partial charge in [0.25, 0.3) is 0 Å². The molecule has 0 radical (unpaired) electrons. The second kappa shape index (κ2) is 4.72. The van der Waals surface area contributed by atoms with Crippen LogP contribution in [0, 0.1) is 0 Å². The fraction of sp³-hybridized carbons (Fsp3) is 0.333. The van der Waals surface area contributed by atoms with Crippen LogP contribution in [0.15, 0.2) is 36.4 Å². The van der Waals surface area contributed by atoms with Crippen LogP contribution in [0.1, 0.15) is 45.8 Å². The molecule has 1 aliphatic heterocycles. The molecule has 0 spiro atoms. The summed E-state index contributed by atoms with van der Waals surface area (Å²) < 4.78 is 5.48. The maximum atomic E-state index is 6.46. The molecule has 1 unspecified atom stereocenters. The van der Waals surface area contributed by atoms with E-state index in [2.05, 4.69) is 36.4 Å². The molecule has 1 heterocycles. The monoisotopic (exact) mass is 265 g/mol. The van der Waals surface area contributed by atoms with E-state index >= 15 is 0 Å². The smallest absolute Gasteiger partial charge is 0.0725 e. The molecule has 2 nitrogen and oxygen atoms in total. The fourth-order valence-electron chi connectivity index (χ4n) is 3.36. The SMILES string of the molecule is NC(c1ccc2c(c1)CCC2)c1ccc2c(c1)COC2. The number of benzene rings is 2. The molecule has 0 saturated heterocycles. The molecule has 0 saturated carbocycles. The summed E-state index contributed by atoms with van der Waals surface area (Å²) in [6.45, 7) is 1.46. The molecule has 20 heavy (non-hydrogen) atoms. The van der Waals surface area contributed by atoms with Gasteiger partial charge in [0.15, 0.2) is 0 Å². The minimum absolute atomic E-state index is 0.0354. The van der Waals surface area contributed by atoms with Crippen molar-refractivity contribution in [2.24, 2.45) is 5.73 Å². The predicted molar refractivity (Wildman–Crippen MR) is 79.4 cm³/mol. The van der Waals surface area contributed by atoms with Crippen molar-refractivity contribution in [3.05, 3.63) is 69.8 Å². The molecule has 2 aliphatic rings. The van der Waals surface area contributed by atoms with Crippen molar-refractivity contribution in [3.63, 3.8) is 0 Å². The predicted octanol–water partition coefficient (Wildman–Crippen LogP) is 3.25. The van der Waals surface area contributed by atoms with Gasteiger partial charge in [-0.25, -0.2) is 0 Å². The molecule has 2 N–H and O–H groups in total. The van der Waals surface area contributed by atoms with Crippen LogP contribution in [0.3, 0.4) is 0 Å². The van der Waals surface area contributed by atoms with E-state index in [0.29, 0.717) is 0 Å². The van der Waals surface area contributed by atoms with E-state index in [4.69, 9.17) is 10.5 Å². The summed E-state index contributed by atoms with van der Waals surface area (Å²) in [5, 5.41) is 0. The van der Waals surface area contributed by atoms with Gasteiger partial charge in [0, 0.05) is 0 Å². The Labute approximate surface area is 119 Å². The van der Waals surface area contributed by atoms with Crippen LogP contribution in [-0.2, 0) is 30.8 Å². The van der Waals surface area contributed by atoms with Gasteiger partial charge in [0.05, 0.1) is 19.3 Å². The number of hydrogen-bond donors (Lipinski definition) is 1. The first-order valence-corrected chi connectivity index (χ1v) is 7.38. The maximum absolute atomic E-state index is 6.46. The maximum Gasteiger partial charge on any atom is 0.0725 e. The number of fused-ring (bicyclic) bond motifs is 2. The van der Waals surface area contributed by atoms with Crippen molar-refractivity contribution in [1.29, 1.82) is 0 Å². The van der Waals surface area contributed by atoms with Gasteiger partial charge in [-0.05, 0) is 52.6 Å². The molecule has 0 bridgehead atoms. The Kier molecular flexibility index (Phi) is 2.86. The van der Waals surface area contributed by atoms with E-state index in [1.54, 1.807) is 0 Å². The third kappa shape index (κ3) is 1.96. The van der Waals surface area contributed by atoms with Crippen LogP contribution >= 0.6 is 0 Å². The summed E-state index contributed by atoms with van der Waals surface area (Å²) in [6, 6.07) is 13.2. The lowest BCUT2D eigenvalue weighted by atomic mass is 9.94. The quantitative estimate of drug-likeness (QED) is 0.904. The number of nitrogens with two attached hydrogens (primary N) is 1. The summed E-state index contributed by atoms with van der Waals surface area (Å²) >= 11 is 0. The minimum atomic E-state index is -0.0354. The molecule has 2 aromatic rings. The van der Waals surface area contributed by atoms with Gasteiger partial charge in [0.2, 0.25) is 0 Å². The van der Waals surface area contributed by atoms with Crippen LogP contribution in [0.2, 0.25) is 0 Å². The van der Waals surface area contributed by atoms with Gasteiger partial charge >= 0.3 is 0 Å². The molecule has 0 fully saturated rings. The van der Waals surface area contributed by atoms with Crippen LogP contribution < -0.4 is 5.73 Å². The lowest BCUT2D eigenvalue weighted by molar-refractivity contribution is 0.134. The van der Waals surface area contributed by atoms with Crippen molar-refractivity contribution in [2.45, 2.75) is 38.5 Å². The highest BCUT2D eigenvalue weighted by atomic mass is 16.5. The van der Waals surface area contributed by atoms with E-state index in [1.165, 1.54) is 52.6 Å². The van der Waals surface area contributed by atoms with E-state index in [9.17, 15) is 0 Å². The molecular formula is C18H19NO. The third-order valence-corrected chi connectivity index (χ3v) is 4.59. The molecule has 2 heteroatoms. The van der Waals surface area contributed by atoms with Crippen LogP contribution in [-0.4, -0.2) is 0 Å². The van der Waals surface area contributed by atoms with Crippen LogP contribution in [0.4, 0.5) is 0 Å². The van der Waals surface area contributed by atoms with E-state index in [-0.39, 0.29) is 6.04 Å². The van der Waals surface area contributed by atoms with E-state index < -0.39 is 0 Å². The molecule has 4 rings (SSSR count). The molecule has 1 atom stereocenters. The van der Waals surface area contributed by atoms with Gasteiger partial charge in [-0.1, -0.05) is 36.4 Å². The van der Waals surface area contributed by atoms with Gasteiger partial charge in [-0.15, -0.1) is 0 Å². The molecule has 0 amide bonds. The first-order chi connectivity index (χ1) is 9.81. The summed E-state index contributed by atoms with van der Waals surface area (Å²) in [6.07, 6.45) is 3.71. The zero-order chi connectivity index (χ0) is 13.5. The second-order valence-electron chi connectivity index (χ2n) is 5.88. The van der Waals surface area contributed by atoms with Gasteiger partial charge in [-0.3, -0.25) is 0 Å². The van der Waals surface area contributed by atoms with Gasteiger partial charge in [-0.2, -0.15) is 0 Å². The lowest BCUT2D eigenvalue weighted by Gasteiger charge is -2.15. The third-order valence-electron chi connectivity index (χ3n) is 4.59. The normalized spacial score (nSPS) is 17.9. The van der Waals surface area contributed by atoms with Crippen molar-refractivity contribution in [1.82, 2.24) is 0 Å². The van der Waals surface area contributed by atoms with E-state index in [0.717, 1.165) is 13.2 Å².